The second-order valence-corrected chi connectivity index (χ2v) is 7.74. The third-order valence-electron chi connectivity index (χ3n) is 5.03. The van der Waals surface area contributed by atoms with Crippen LogP contribution in [0.25, 0.3) is 5.13 Å². The van der Waals surface area contributed by atoms with E-state index in [1.165, 1.54) is 5.56 Å². The van der Waals surface area contributed by atoms with Crippen LogP contribution in [0.2, 0.25) is 0 Å². The van der Waals surface area contributed by atoms with Crippen LogP contribution in [0, 0.1) is 5.92 Å². The van der Waals surface area contributed by atoms with E-state index < -0.39 is 0 Å². The standard InChI is InChI=1S/C21H23N3OS/c25-20(15-19-16-26-21(22-19)24-10-4-5-11-24)23-12-8-18(9-13-23)14-17-6-2-1-3-7-17/h1-7,10-11,16,18H,8-9,12-15H2. The minimum atomic E-state index is 0.201. The smallest absolute Gasteiger partial charge is 0.228 e. The predicted molar refractivity (Wildman–Crippen MR) is 105 cm³/mol. The number of carbonyl (C=O) groups excluding carboxylic acids is 1. The van der Waals surface area contributed by atoms with Crippen LogP contribution in [0.4, 0.5) is 0 Å². The second-order valence-electron chi connectivity index (χ2n) is 6.90. The summed E-state index contributed by atoms with van der Waals surface area (Å²) < 4.78 is 1.98. The molecule has 26 heavy (non-hydrogen) atoms. The molecule has 0 aliphatic carbocycles. The van der Waals surface area contributed by atoms with E-state index in [0.717, 1.165) is 43.2 Å². The summed E-state index contributed by atoms with van der Waals surface area (Å²) in [5, 5.41) is 2.91. The van der Waals surface area contributed by atoms with E-state index in [9.17, 15) is 4.79 Å². The molecular weight excluding hydrogens is 342 g/mol. The highest BCUT2D eigenvalue weighted by Crippen LogP contribution is 2.23. The van der Waals surface area contributed by atoms with Gasteiger partial charge in [-0.15, -0.1) is 11.3 Å². The Hall–Kier alpha value is -2.40. The van der Waals surface area contributed by atoms with Crippen LogP contribution in [0.3, 0.4) is 0 Å². The summed E-state index contributed by atoms with van der Waals surface area (Å²) in [6.07, 6.45) is 7.65. The Morgan fingerprint density at radius 1 is 1.08 bits per heavy atom. The van der Waals surface area contributed by atoms with Gasteiger partial charge in [-0.3, -0.25) is 4.79 Å². The first-order chi connectivity index (χ1) is 12.8. The fourth-order valence-electron chi connectivity index (χ4n) is 3.56. The number of piperidine rings is 1. The molecule has 0 atom stereocenters. The lowest BCUT2D eigenvalue weighted by molar-refractivity contribution is -0.131. The predicted octanol–water partition coefficient (Wildman–Crippen LogP) is 3.96. The maximum atomic E-state index is 12.6. The van der Waals surface area contributed by atoms with Crippen LogP contribution < -0.4 is 0 Å². The van der Waals surface area contributed by atoms with E-state index in [0.29, 0.717) is 12.3 Å². The number of nitrogens with zero attached hydrogens (tertiary/aromatic N) is 3. The summed E-state index contributed by atoms with van der Waals surface area (Å²) in [6.45, 7) is 1.73. The molecule has 0 saturated carbocycles. The lowest BCUT2D eigenvalue weighted by Gasteiger charge is -2.32. The van der Waals surface area contributed by atoms with Crippen LogP contribution in [0.15, 0.2) is 60.2 Å². The van der Waals surface area contributed by atoms with Crippen LogP contribution in [-0.4, -0.2) is 33.4 Å². The number of likely N-dealkylation sites (tertiary alicyclic amines) is 1. The molecule has 4 nitrogen and oxygen atoms in total. The third-order valence-corrected chi connectivity index (χ3v) is 5.93. The number of carbonyl (C=O) groups is 1. The number of aromatic nitrogens is 2. The average molecular weight is 366 g/mol. The van der Waals surface area contributed by atoms with E-state index in [-0.39, 0.29) is 5.91 Å². The number of amides is 1. The van der Waals surface area contributed by atoms with E-state index in [4.69, 9.17) is 0 Å². The van der Waals surface area contributed by atoms with Gasteiger partial charge in [0.2, 0.25) is 5.91 Å². The Labute approximate surface area is 158 Å². The molecule has 1 fully saturated rings. The van der Waals surface area contributed by atoms with Crippen molar-refractivity contribution in [1.82, 2.24) is 14.5 Å². The first-order valence-corrected chi connectivity index (χ1v) is 10.1. The molecule has 4 rings (SSSR count). The van der Waals surface area contributed by atoms with Gasteiger partial charge in [-0.1, -0.05) is 30.3 Å². The van der Waals surface area contributed by atoms with Crippen LogP contribution in [0.5, 0.6) is 0 Å². The molecule has 1 aliphatic rings. The van der Waals surface area contributed by atoms with E-state index in [1.54, 1.807) is 11.3 Å². The molecule has 134 valence electrons. The summed E-state index contributed by atoms with van der Waals surface area (Å²) in [5.41, 5.74) is 2.27. The molecule has 3 heterocycles. The topological polar surface area (TPSA) is 38.1 Å². The molecule has 1 amide bonds. The SMILES string of the molecule is O=C(Cc1csc(-n2cccc2)n1)N1CCC(Cc2ccccc2)CC1. The molecule has 1 saturated heterocycles. The fraction of sp³-hybridized carbons (Fsp3) is 0.333. The summed E-state index contributed by atoms with van der Waals surface area (Å²) in [4.78, 5) is 19.2. The summed E-state index contributed by atoms with van der Waals surface area (Å²) in [5.74, 6) is 0.883. The third kappa shape index (κ3) is 4.05. The van der Waals surface area contributed by atoms with Gasteiger partial charge in [0.1, 0.15) is 0 Å². The summed E-state index contributed by atoms with van der Waals surface area (Å²) in [6, 6.07) is 14.6. The van der Waals surface area contributed by atoms with E-state index in [1.807, 2.05) is 39.4 Å². The molecule has 2 aromatic heterocycles. The zero-order valence-corrected chi connectivity index (χ0v) is 15.6. The molecular formula is C21H23N3OS. The zero-order valence-electron chi connectivity index (χ0n) is 14.8. The fourth-order valence-corrected chi connectivity index (χ4v) is 4.35. The maximum absolute atomic E-state index is 12.6. The van der Waals surface area contributed by atoms with Crippen molar-refractivity contribution in [3.05, 3.63) is 71.5 Å². The van der Waals surface area contributed by atoms with Gasteiger partial charge in [-0.2, -0.15) is 0 Å². The first-order valence-electron chi connectivity index (χ1n) is 9.17. The highest BCUT2D eigenvalue weighted by Gasteiger charge is 2.23. The quantitative estimate of drug-likeness (QED) is 0.686. The van der Waals surface area contributed by atoms with Crippen molar-refractivity contribution in [3.8, 4) is 5.13 Å². The highest BCUT2D eigenvalue weighted by atomic mass is 32.1. The lowest BCUT2D eigenvalue weighted by Crippen LogP contribution is -2.39. The summed E-state index contributed by atoms with van der Waals surface area (Å²) in [7, 11) is 0. The van der Waals surface area contributed by atoms with Crippen LogP contribution >= 0.6 is 11.3 Å². The van der Waals surface area contributed by atoms with Crippen molar-refractivity contribution >= 4 is 17.2 Å². The van der Waals surface area contributed by atoms with Crippen molar-refractivity contribution in [2.45, 2.75) is 25.7 Å². The van der Waals surface area contributed by atoms with Gasteiger partial charge >= 0.3 is 0 Å². The Balaban J connectivity index is 1.28. The van der Waals surface area contributed by atoms with Crippen molar-refractivity contribution in [2.24, 2.45) is 5.92 Å². The largest absolute Gasteiger partial charge is 0.342 e. The molecule has 0 bridgehead atoms. The molecule has 0 unspecified atom stereocenters. The highest BCUT2D eigenvalue weighted by molar-refractivity contribution is 7.12. The molecule has 1 aliphatic heterocycles. The van der Waals surface area contributed by atoms with E-state index >= 15 is 0 Å². The number of hydrogen-bond acceptors (Lipinski definition) is 3. The molecule has 0 radical (unpaired) electrons. The van der Waals surface area contributed by atoms with Crippen LogP contribution in [0.1, 0.15) is 24.1 Å². The number of benzene rings is 1. The van der Waals surface area contributed by atoms with Gasteiger partial charge in [-0.05, 0) is 42.9 Å². The van der Waals surface area contributed by atoms with Gasteiger partial charge in [0.25, 0.3) is 0 Å². The lowest BCUT2D eigenvalue weighted by atomic mass is 9.90. The monoisotopic (exact) mass is 365 g/mol. The molecule has 1 aromatic carbocycles. The van der Waals surface area contributed by atoms with Gasteiger partial charge in [0.15, 0.2) is 5.13 Å². The van der Waals surface area contributed by atoms with Gasteiger partial charge in [-0.25, -0.2) is 4.98 Å². The minimum Gasteiger partial charge on any atom is -0.342 e. The van der Waals surface area contributed by atoms with Crippen molar-refractivity contribution < 1.29 is 4.79 Å². The summed E-state index contributed by atoms with van der Waals surface area (Å²) >= 11 is 1.58. The number of thiazole rings is 1. The van der Waals surface area contributed by atoms with Crippen LogP contribution in [-0.2, 0) is 17.6 Å². The first kappa shape index (κ1) is 17.0. The minimum absolute atomic E-state index is 0.201. The number of hydrogen-bond donors (Lipinski definition) is 0. The van der Waals surface area contributed by atoms with Crippen molar-refractivity contribution in [3.63, 3.8) is 0 Å². The van der Waals surface area contributed by atoms with Crippen molar-refractivity contribution in [2.75, 3.05) is 13.1 Å². The second kappa shape index (κ2) is 7.87. The normalized spacial score (nSPS) is 15.3. The zero-order chi connectivity index (χ0) is 17.8. The maximum Gasteiger partial charge on any atom is 0.228 e. The Bertz CT molecular complexity index is 833. The van der Waals surface area contributed by atoms with Gasteiger partial charge < -0.3 is 9.47 Å². The van der Waals surface area contributed by atoms with E-state index in [2.05, 4.69) is 35.3 Å². The van der Waals surface area contributed by atoms with Gasteiger partial charge in [0.05, 0.1) is 12.1 Å². The van der Waals surface area contributed by atoms with Gasteiger partial charge in [0, 0.05) is 30.9 Å². The Morgan fingerprint density at radius 2 is 1.81 bits per heavy atom. The average Bonchev–Trinajstić information content (AvgIpc) is 3.35. The molecule has 5 heteroatoms. The molecule has 3 aromatic rings. The molecule has 0 spiro atoms. The molecule has 0 N–H and O–H groups in total. The number of rotatable bonds is 5. The Kier molecular flexibility index (Phi) is 5.16. The van der Waals surface area contributed by atoms with Crippen molar-refractivity contribution in [1.29, 1.82) is 0 Å². The Morgan fingerprint density at radius 3 is 2.54 bits per heavy atom.